The SMILES string of the molecule is Cc1cn2cc(CC(=O)Nc3nnc(-c4ccccc4)s3)nc2s1. The molecule has 3 aromatic heterocycles. The highest BCUT2D eigenvalue weighted by molar-refractivity contribution is 7.18. The highest BCUT2D eigenvalue weighted by Crippen LogP contribution is 2.26. The molecule has 120 valence electrons. The number of nitrogens with zero attached hydrogens (tertiary/aromatic N) is 4. The number of hydrogen-bond acceptors (Lipinski definition) is 6. The summed E-state index contributed by atoms with van der Waals surface area (Å²) < 4.78 is 1.95. The Bertz CT molecular complexity index is 971. The number of benzene rings is 1. The molecule has 0 aliphatic heterocycles. The maximum absolute atomic E-state index is 12.2. The van der Waals surface area contributed by atoms with E-state index in [1.807, 2.05) is 54.0 Å². The Balaban J connectivity index is 1.44. The zero-order valence-corrected chi connectivity index (χ0v) is 14.4. The third-order valence-electron chi connectivity index (χ3n) is 3.36. The number of amides is 1. The van der Waals surface area contributed by atoms with Gasteiger partial charge in [0, 0.05) is 22.8 Å². The van der Waals surface area contributed by atoms with E-state index in [1.54, 1.807) is 11.3 Å². The average molecular weight is 355 g/mol. The average Bonchev–Trinajstić information content (AvgIpc) is 3.23. The Morgan fingerprint density at radius 3 is 2.79 bits per heavy atom. The maximum atomic E-state index is 12.2. The first kappa shape index (κ1) is 15.0. The fraction of sp³-hybridized carbons (Fsp3) is 0.125. The van der Waals surface area contributed by atoms with Crippen molar-refractivity contribution in [2.45, 2.75) is 13.3 Å². The van der Waals surface area contributed by atoms with Crippen molar-refractivity contribution in [3.05, 3.63) is 53.3 Å². The molecule has 8 heteroatoms. The number of imidazole rings is 1. The van der Waals surface area contributed by atoms with Crippen LogP contribution in [0, 0.1) is 6.92 Å². The number of hydrogen-bond donors (Lipinski definition) is 1. The van der Waals surface area contributed by atoms with Crippen molar-refractivity contribution >= 4 is 38.7 Å². The summed E-state index contributed by atoms with van der Waals surface area (Å²) in [4.78, 5) is 18.7. The third kappa shape index (κ3) is 3.06. The molecule has 1 amide bonds. The van der Waals surface area contributed by atoms with Crippen LogP contribution in [0.3, 0.4) is 0 Å². The smallest absolute Gasteiger partial charge is 0.232 e. The number of fused-ring (bicyclic) bond motifs is 1. The first-order valence-electron chi connectivity index (χ1n) is 7.30. The van der Waals surface area contributed by atoms with E-state index >= 15 is 0 Å². The fourth-order valence-electron chi connectivity index (χ4n) is 2.34. The van der Waals surface area contributed by atoms with Crippen LogP contribution in [0.4, 0.5) is 5.13 Å². The standard InChI is InChI=1S/C16H13N5OS2/c1-10-8-21-9-12(17-16(21)23-10)7-13(22)18-15-20-19-14(24-15)11-5-3-2-4-6-11/h2-6,8-9H,7H2,1H3,(H,18,20,22). The lowest BCUT2D eigenvalue weighted by molar-refractivity contribution is -0.115. The number of rotatable bonds is 4. The lowest BCUT2D eigenvalue weighted by atomic mass is 10.2. The summed E-state index contributed by atoms with van der Waals surface area (Å²) in [5.74, 6) is -0.145. The van der Waals surface area contributed by atoms with Gasteiger partial charge in [0.1, 0.15) is 5.01 Å². The van der Waals surface area contributed by atoms with Crippen molar-refractivity contribution in [2.75, 3.05) is 5.32 Å². The number of carbonyl (C=O) groups excluding carboxylic acids is 1. The van der Waals surface area contributed by atoms with Gasteiger partial charge < -0.3 is 5.32 Å². The summed E-state index contributed by atoms with van der Waals surface area (Å²) in [5, 5.41) is 12.2. The number of carbonyl (C=O) groups is 1. The van der Waals surface area contributed by atoms with E-state index in [1.165, 1.54) is 16.2 Å². The molecule has 4 aromatic rings. The number of aromatic nitrogens is 4. The minimum atomic E-state index is -0.145. The molecule has 0 bridgehead atoms. The molecule has 0 saturated carbocycles. The number of aryl methyl sites for hydroxylation is 1. The Kier molecular flexibility index (Phi) is 3.83. The number of nitrogens with one attached hydrogen (secondary N) is 1. The van der Waals surface area contributed by atoms with E-state index in [9.17, 15) is 4.79 Å². The van der Waals surface area contributed by atoms with Gasteiger partial charge in [-0.3, -0.25) is 9.20 Å². The molecule has 0 aliphatic carbocycles. The fourth-order valence-corrected chi connectivity index (χ4v) is 3.94. The van der Waals surface area contributed by atoms with E-state index in [2.05, 4.69) is 20.5 Å². The number of anilines is 1. The van der Waals surface area contributed by atoms with Crippen molar-refractivity contribution in [1.82, 2.24) is 19.6 Å². The van der Waals surface area contributed by atoms with Gasteiger partial charge in [-0.25, -0.2) is 4.98 Å². The Hall–Kier alpha value is -2.58. The van der Waals surface area contributed by atoms with E-state index < -0.39 is 0 Å². The maximum Gasteiger partial charge on any atom is 0.232 e. The van der Waals surface area contributed by atoms with Crippen molar-refractivity contribution < 1.29 is 4.79 Å². The van der Waals surface area contributed by atoms with E-state index in [-0.39, 0.29) is 12.3 Å². The molecule has 1 N–H and O–H groups in total. The molecule has 3 heterocycles. The lowest BCUT2D eigenvalue weighted by Gasteiger charge is -1.98. The first-order chi connectivity index (χ1) is 11.7. The van der Waals surface area contributed by atoms with Crippen LogP contribution in [0.25, 0.3) is 15.5 Å². The summed E-state index contributed by atoms with van der Waals surface area (Å²) in [5.41, 5.74) is 1.73. The van der Waals surface area contributed by atoms with Crippen LogP contribution in [0.5, 0.6) is 0 Å². The highest BCUT2D eigenvalue weighted by Gasteiger charge is 2.12. The molecule has 4 rings (SSSR count). The summed E-state index contributed by atoms with van der Waals surface area (Å²) >= 11 is 2.96. The van der Waals surface area contributed by atoms with Gasteiger partial charge in [-0.2, -0.15) is 0 Å². The topological polar surface area (TPSA) is 72.2 Å². The van der Waals surface area contributed by atoms with E-state index in [0.717, 1.165) is 21.2 Å². The minimum Gasteiger partial charge on any atom is -0.300 e. The van der Waals surface area contributed by atoms with Crippen LogP contribution < -0.4 is 5.32 Å². The van der Waals surface area contributed by atoms with Crippen LogP contribution in [0.1, 0.15) is 10.6 Å². The summed E-state index contributed by atoms with van der Waals surface area (Å²) in [6.45, 7) is 2.03. The van der Waals surface area contributed by atoms with Crippen molar-refractivity contribution in [3.63, 3.8) is 0 Å². The molecule has 0 unspecified atom stereocenters. The molecule has 0 aliphatic rings. The molecule has 0 saturated heterocycles. The predicted octanol–water partition coefficient (Wildman–Crippen LogP) is 3.40. The zero-order chi connectivity index (χ0) is 16.5. The summed E-state index contributed by atoms with van der Waals surface area (Å²) in [6, 6.07) is 9.77. The van der Waals surface area contributed by atoms with Gasteiger partial charge >= 0.3 is 0 Å². The second-order valence-electron chi connectivity index (χ2n) is 5.27. The quantitative estimate of drug-likeness (QED) is 0.609. The molecular weight excluding hydrogens is 342 g/mol. The van der Waals surface area contributed by atoms with Gasteiger partial charge in [0.25, 0.3) is 0 Å². The van der Waals surface area contributed by atoms with Crippen LogP contribution in [0.15, 0.2) is 42.7 Å². The van der Waals surface area contributed by atoms with Gasteiger partial charge in [0.15, 0.2) is 4.96 Å². The van der Waals surface area contributed by atoms with E-state index in [4.69, 9.17) is 0 Å². The van der Waals surface area contributed by atoms with Crippen LogP contribution in [-0.4, -0.2) is 25.5 Å². The molecule has 0 radical (unpaired) electrons. The Morgan fingerprint density at radius 1 is 1.17 bits per heavy atom. The molecule has 6 nitrogen and oxygen atoms in total. The molecule has 0 atom stereocenters. The summed E-state index contributed by atoms with van der Waals surface area (Å²) in [6.07, 6.45) is 4.10. The molecule has 0 fully saturated rings. The molecule has 0 spiro atoms. The van der Waals surface area contributed by atoms with Crippen molar-refractivity contribution in [2.24, 2.45) is 0 Å². The van der Waals surface area contributed by atoms with Gasteiger partial charge in [-0.05, 0) is 6.92 Å². The zero-order valence-electron chi connectivity index (χ0n) is 12.8. The summed E-state index contributed by atoms with van der Waals surface area (Å²) in [7, 11) is 0. The van der Waals surface area contributed by atoms with Crippen molar-refractivity contribution in [3.8, 4) is 10.6 Å². The number of thiazole rings is 1. The van der Waals surface area contributed by atoms with E-state index in [0.29, 0.717) is 5.13 Å². The minimum absolute atomic E-state index is 0.145. The monoisotopic (exact) mass is 355 g/mol. The van der Waals surface area contributed by atoms with Crippen LogP contribution in [0.2, 0.25) is 0 Å². The van der Waals surface area contributed by atoms with Gasteiger partial charge in [-0.1, -0.05) is 41.7 Å². The third-order valence-corrected chi connectivity index (χ3v) is 5.15. The highest BCUT2D eigenvalue weighted by atomic mass is 32.1. The normalized spacial score (nSPS) is 11.0. The largest absolute Gasteiger partial charge is 0.300 e. The lowest BCUT2D eigenvalue weighted by Crippen LogP contribution is -2.14. The molecule has 1 aromatic carbocycles. The Labute approximate surface area is 145 Å². The Morgan fingerprint density at radius 2 is 2.00 bits per heavy atom. The van der Waals surface area contributed by atoms with Gasteiger partial charge in [0.2, 0.25) is 11.0 Å². The molecular formula is C16H13N5OS2. The van der Waals surface area contributed by atoms with Crippen LogP contribution in [-0.2, 0) is 11.2 Å². The van der Waals surface area contributed by atoms with Gasteiger partial charge in [-0.15, -0.1) is 21.5 Å². The molecule has 24 heavy (non-hydrogen) atoms. The second kappa shape index (κ2) is 6.14. The second-order valence-corrected chi connectivity index (χ2v) is 7.46. The first-order valence-corrected chi connectivity index (χ1v) is 8.93. The van der Waals surface area contributed by atoms with Crippen LogP contribution >= 0.6 is 22.7 Å². The predicted molar refractivity (Wildman–Crippen MR) is 95.5 cm³/mol. The van der Waals surface area contributed by atoms with Crippen molar-refractivity contribution in [1.29, 1.82) is 0 Å². The van der Waals surface area contributed by atoms with Gasteiger partial charge in [0.05, 0.1) is 12.1 Å².